The molecule has 22 heavy (non-hydrogen) atoms. The molecular weight excluding hydrogens is 281 g/mol. The van der Waals surface area contributed by atoms with Gasteiger partial charge in [-0.3, -0.25) is 4.79 Å². The van der Waals surface area contributed by atoms with Gasteiger partial charge in [0.05, 0.1) is 23.8 Å². The summed E-state index contributed by atoms with van der Waals surface area (Å²) in [5.74, 6) is -0.534. The van der Waals surface area contributed by atoms with Gasteiger partial charge in [-0.1, -0.05) is 30.3 Å². The summed E-state index contributed by atoms with van der Waals surface area (Å²) in [5, 5.41) is 2.81. The molecule has 0 unspecified atom stereocenters. The molecule has 0 atom stereocenters. The maximum absolute atomic E-state index is 13.5. The average molecular weight is 297 g/mol. The number of para-hydroxylation sites is 2. The van der Waals surface area contributed by atoms with Crippen molar-refractivity contribution in [3.8, 4) is 0 Å². The van der Waals surface area contributed by atoms with E-state index in [2.05, 4.69) is 10.3 Å². The number of hydrogen-bond acceptors (Lipinski definition) is 2. The molecule has 0 saturated carbocycles. The Hall–Kier alpha value is -2.69. The first kappa shape index (κ1) is 14.3. The summed E-state index contributed by atoms with van der Waals surface area (Å²) in [7, 11) is 0. The molecule has 0 aliphatic rings. The molecule has 0 bridgehead atoms. The van der Waals surface area contributed by atoms with Crippen LogP contribution in [0.3, 0.4) is 0 Å². The van der Waals surface area contributed by atoms with Gasteiger partial charge in [0.15, 0.2) is 0 Å². The fraction of sp³-hybridized carbons (Fsp3) is 0.176. The number of rotatable bonds is 5. The second-order valence-corrected chi connectivity index (χ2v) is 5.04. The molecule has 1 N–H and O–H groups in total. The lowest BCUT2D eigenvalue weighted by atomic mass is 10.1. The van der Waals surface area contributed by atoms with Crippen LogP contribution in [0, 0.1) is 5.82 Å². The van der Waals surface area contributed by atoms with Crippen molar-refractivity contribution in [1.29, 1.82) is 0 Å². The lowest BCUT2D eigenvalue weighted by molar-refractivity contribution is -0.120. The van der Waals surface area contributed by atoms with E-state index in [0.717, 1.165) is 11.0 Å². The number of fused-ring (bicyclic) bond motifs is 1. The minimum absolute atomic E-state index is 0.0529. The molecule has 1 amide bonds. The highest BCUT2D eigenvalue weighted by Crippen LogP contribution is 2.11. The topological polar surface area (TPSA) is 46.9 Å². The molecule has 2 aromatic carbocycles. The number of imidazole rings is 1. The van der Waals surface area contributed by atoms with E-state index in [1.54, 1.807) is 24.5 Å². The Morgan fingerprint density at radius 1 is 1.14 bits per heavy atom. The fourth-order valence-corrected chi connectivity index (χ4v) is 2.38. The molecular formula is C17H16FN3O. The number of nitrogens with zero attached hydrogens (tertiary/aromatic N) is 2. The van der Waals surface area contributed by atoms with Gasteiger partial charge in [-0.15, -0.1) is 0 Å². The van der Waals surface area contributed by atoms with Crippen LogP contribution in [-0.2, 0) is 17.8 Å². The summed E-state index contributed by atoms with van der Waals surface area (Å²) in [4.78, 5) is 16.2. The van der Waals surface area contributed by atoms with E-state index in [1.807, 2.05) is 28.8 Å². The predicted molar refractivity (Wildman–Crippen MR) is 82.8 cm³/mol. The highest BCUT2D eigenvalue weighted by molar-refractivity contribution is 5.78. The van der Waals surface area contributed by atoms with Crippen molar-refractivity contribution in [2.75, 3.05) is 6.54 Å². The van der Waals surface area contributed by atoms with Crippen molar-refractivity contribution in [3.05, 3.63) is 66.2 Å². The zero-order valence-corrected chi connectivity index (χ0v) is 12.0. The van der Waals surface area contributed by atoms with Crippen molar-refractivity contribution in [3.63, 3.8) is 0 Å². The van der Waals surface area contributed by atoms with E-state index < -0.39 is 0 Å². The molecule has 0 aliphatic heterocycles. The van der Waals surface area contributed by atoms with E-state index in [1.165, 1.54) is 6.07 Å². The van der Waals surface area contributed by atoms with Gasteiger partial charge in [0, 0.05) is 13.1 Å². The van der Waals surface area contributed by atoms with Crippen LogP contribution < -0.4 is 5.32 Å². The Bertz CT molecular complexity index is 797. The minimum Gasteiger partial charge on any atom is -0.354 e. The van der Waals surface area contributed by atoms with Crippen LogP contribution >= 0.6 is 0 Å². The zero-order valence-electron chi connectivity index (χ0n) is 12.0. The van der Waals surface area contributed by atoms with Crippen LogP contribution in [0.25, 0.3) is 11.0 Å². The Kier molecular flexibility index (Phi) is 4.14. The molecule has 112 valence electrons. The van der Waals surface area contributed by atoms with E-state index in [-0.39, 0.29) is 18.1 Å². The number of carbonyl (C=O) groups is 1. The Morgan fingerprint density at radius 3 is 2.77 bits per heavy atom. The standard InChI is InChI=1S/C17H16FN3O/c18-14-6-2-1-5-13(14)11-17(22)19-9-10-21-12-20-15-7-3-4-8-16(15)21/h1-8,12H,9-11H2,(H,19,22). The number of nitrogens with one attached hydrogen (secondary N) is 1. The maximum Gasteiger partial charge on any atom is 0.224 e. The molecule has 4 nitrogen and oxygen atoms in total. The second kappa shape index (κ2) is 6.39. The van der Waals surface area contributed by atoms with Crippen LogP contribution in [0.2, 0.25) is 0 Å². The normalized spacial score (nSPS) is 10.8. The fourth-order valence-electron chi connectivity index (χ4n) is 2.38. The lowest BCUT2D eigenvalue weighted by Gasteiger charge is -2.07. The summed E-state index contributed by atoms with van der Waals surface area (Å²) in [6.45, 7) is 1.11. The Labute approximate surface area is 127 Å². The molecule has 3 rings (SSSR count). The zero-order chi connectivity index (χ0) is 15.4. The van der Waals surface area contributed by atoms with E-state index in [4.69, 9.17) is 0 Å². The third kappa shape index (κ3) is 3.14. The van der Waals surface area contributed by atoms with Crippen molar-refractivity contribution < 1.29 is 9.18 Å². The van der Waals surface area contributed by atoms with Gasteiger partial charge >= 0.3 is 0 Å². The van der Waals surface area contributed by atoms with Gasteiger partial charge < -0.3 is 9.88 Å². The van der Waals surface area contributed by atoms with Gasteiger partial charge in [-0.25, -0.2) is 9.37 Å². The molecule has 1 heterocycles. The van der Waals surface area contributed by atoms with Gasteiger partial charge in [-0.05, 0) is 23.8 Å². The molecule has 0 fully saturated rings. The summed E-state index contributed by atoms with van der Waals surface area (Å²) in [5.41, 5.74) is 2.37. The third-order valence-electron chi connectivity index (χ3n) is 3.51. The van der Waals surface area contributed by atoms with Crippen molar-refractivity contribution in [2.24, 2.45) is 0 Å². The van der Waals surface area contributed by atoms with E-state index >= 15 is 0 Å². The summed E-state index contributed by atoms with van der Waals surface area (Å²) in [6, 6.07) is 14.2. The molecule has 1 aromatic heterocycles. The Balaban J connectivity index is 1.55. The van der Waals surface area contributed by atoms with E-state index in [0.29, 0.717) is 18.7 Å². The first-order valence-electron chi connectivity index (χ1n) is 7.14. The SMILES string of the molecule is O=C(Cc1ccccc1F)NCCn1cnc2ccccc21. The maximum atomic E-state index is 13.5. The lowest BCUT2D eigenvalue weighted by Crippen LogP contribution is -2.28. The van der Waals surface area contributed by atoms with Crippen LogP contribution in [-0.4, -0.2) is 22.0 Å². The summed E-state index contributed by atoms with van der Waals surface area (Å²) in [6.07, 6.45) is 1.81. The highest BCUT2D eigenvalue weighted by Gasteiger charge is 2.07. The predicted octanol–water partition coefficient (Wildman–Crippen LogP) is 2.53. The first-order chi connectivity index (χ1) is 10.7. The molecule has 0 spiro atoms. The molecule has 0 radical (unpaired) electrons. The molecule has 0 aliphatic carbocycles. The number of carbonyl (C=O) groups excluding carboxylic acids is 1. The molecule has 3 aromatic rings. The average Bonchev–Trinajstić information content (AvgIpc) is 2.93. The monoisotopic (exact) mass is 297 g/mol. The largest absolute Gasteiger partial charge is 0.354 e. The van der Waals surface area contributed by atoms with E-state index in [9.17, 15) is 9.18 Å². The van der Waals surface area contributed by atoms with Crippen molar-refractivity contribution in [1.82, 2.24) is 14.9 Å². The van der Waals surface area contributed by atoms with Gasteiger partial charge in [0.1, 0.15) is 5.82 Å². The minimum atomic E-state index is -0.349. The quantitative estimate of drug-likeness (QED) is 0.786. The first-order valence-corrected chi connectivity index (χ1v) is 7.14. The van der Waals surface area contributed by atoms with Crippen LogP contribution in [0.4, 0.5) is 4.39 Å². The smallest absolute Gasteiger partial charge is 0.224 e. The second-order valence-electron chi connectivity index (χ2n) is 5.04. The van der Waals surface area contributed by atoms with Gasteiger partial charge in [-0.2, -0.15) is 0 Å². The molecule has 0 saturated heterocycles. The van der Waals surface area contributed by atoms with Gasteiger partial charge in [0.2, 0.25) is 5.91 Å². The summed E-state index contributed by atoms with van der Waals surface area (Å²) >= 11 is 0. The Morgan fingerprint density at radius 2 is 1.91 bits per heavy atom. The highest BCUT2D eigenvalue weighted by atomic mass is 19.1. The number of hydrogen-bond donors (Lipinski definition) is 1. The number of amides is 1. The number of aromatic nitrogens is 2. The van der Waals surface area contributed by atoms with Crippen molar-refractivity contribution in [2.45, 2.75) is 13.0 Å². The van der Waals surface area contributed by atoms with Crippen LogP contribution in [0.1, 0.15) is 5.56 Å². The molecule has 5 heteroatoms. The number of halogens is 1. The van der Waals surface area contributed by atoms with Crippen molar-refractivity contribution >= 4 is 16.9 Å². The van der Waals surface area contributed by atoms with Gasteiger partial charge in [0.25, 0.3) is 0 Å². The van der Waals surface area contributed by atoms with Crippen LogP contribution in [0.15, 0.2) is 54.9 Å². The third-order valence-corrected chi connectivity index (χ3v) is 3.51. The van der Waals surface area contributed by atoms with Crippen LogP contribution in [0.5, 0.6) is 0 Å². The number of benzene rings is 2. The summed E-state index contributed by atoms with van der Waals surface area (Å²) < 4.78 is 15.5.